The van der Waals surface area contributed by atoms with Crippen molar-refractivity contribution in [2.75, 3.05) is 0 Å². The first-order valence-electron chi connectivity index (χ1n) is 47.1. The van der Waals surface area contributed by atoms with Crippen LogP contribution in [0.4, 0.5) is 0 Å². The van der Waals surface area contributed by atoms with Gasteiger partial charge in [-0.05, 0) is 221 Å². The molecule has 16 aromatic carbocycles. The molecule has 0 saturated carbocycles. The number of hydrogen-bond donors (Lipinski definition) is 0. The van der Waals surface area contributed by atoms with Crippen LogP contribution >= 0.6 is 0 Å². The van der Waals surface area contributed by atoms with Gasteiger partial charge in [0.25, 0.3) is 0 Å². The SMILES string of the molecule is Cc1cc(C)nc(-c2cc(-n3c4ccccc4c4ccc(-n5c6ccccc6c6ccccc65)cc43)c(-n3c4ccccc4c4ccc(-n5c6ccccc6c6cc(CC(C)(C)c7ccc8c(c7)c7cc(C(C)(C)C)ccc7n8-c7cc(-c8nc(-c9ccccc9)cc(-c9ccccc9)n8)c(C#N)cc7-n7c8ccc(C(C)(C)C)cc8c8cc(C(C)(C)C)ccc87)ccc65)cc43)cc2C#N)n1. The molecule has 0 aliphatic rings. The monoisotopic (exact) mass is 1750 g/mol. The van der Waals surface area contributed by atoms with E-state index >= 15 is 0 Å². The molecule has 12 heteroatoms. The molecule has 0 saturated heterocycles. The summed E-state index contributed by atoms with van der Waals surface area (Å²) in [5.74, 6) is 0.953. The molecule has 12 nitrogen and oxygen atoms in total. The van der Waals surface area contributed by atoms with Gasteiger partial charge in [-0.15, -0.1) is 0 Å². The van der Waals surface area contributed by atoms with Gasteiger partial charge >= 0.3 is 0 Å². The molecular formula is C124H98N12. The zero-order chi connectivity index (χ0) is 92.9. The maximum atomic E-state index is 11.9. The molecule has 8 heterocycles. The van der Waals surface area contributed by atoms with Crippen molar-refractivity contribution < 1.29 is 0 Å². The van der Waals surface area contributed by atoms with Gasteiger partial charge in [0.05, 0.1) is 124 Å². The zero-order valence-electron chi connectivity index (χ0n) is 78.5. The molecule has 0 aliphatic heterocycles. The Morgan fingerprint density at radius 2 is 0.537 bits per heavy atom. The lowest BCUT2D eigenvalue weighted by Gasteiger charge is -2.26. The molecule has 654 valence electrons. The molecule has 0 unspecified atom stereocenters. The van der Waals surface area contributed by atoms with Gasteiger partial charge in [-0.25, -0.2) is 19.9 Å². The molecule has 0 N–H and O–H groups in total. The van der Waals surface area contributed by atoms with Gasteiger partial charge < -0.3 is 27.4 Å². The van der Waals surface area contributed by atoms with Crippen molar-refractivity contribution in [2.45, 2.75) is 118 Å². The third-order valence-corrected chi connectivity index (χ3v) is 28.5. The minimum Gasteiger partial charge on any atom is -0.309 e. The zero-order valence-corrected chi connectivity index (χ0v) is 78.5. The minimum atomic E-state index is -0.401. The standard InChI is InChI=1S/C124H98N12/c1-74-58-75(2)128-119(127-74)94-68-118(136-107-43-29-23-37-90(107)93-51-49-85(66-114(93)136)131-103-39-25-20-34-87(103)88-35-21-26-40-104(88)131)116(61-79(94)72-125)135-106-42-28-22-36-89(106)92-52-50-86(67-113(92)135)132-105-41-27-24-38-91(105)96-59-76(44-53-108(96)132)71-124(12,13)84-48-57-112-100(65-84)99-64-83(123(9,10)11)47-56-111(99)134(112)117-69-95(120-129-101(77-30-16-14-17-31-77)70-102(130-120)78-32-18-15-19-33-78)80(73-126)60-115(117)133-109-54-45-81(121(3,4)5)62-97(109)98-63-82(122(6,7)8)46-55-110(98)133/h14-70H,71H2,1-13H3. The summed E-state index contributed by atoms with van der Waals surface area (Å²) in [5, 5.41) is 37.2. The van der Waals surface area contributed by atoms with Crippen molar-refractivity contribution in [1.82, 2.24) is 47.3 Å². The molecule has 0 atom stereocenters. The molecule has 136 heavy (non-hydrogen) atoms. The number of nitriles is 2. The Balaban J connectivity index is 0.670. The van der Waals surface area contributed by atoms with Gasteiger partial charge in [0.1, 0.15) is 0 Å². The molecule has 0 bridgehead atoms. The largest absolute Gasteiger partial charge is 0.309 e. The number of para-hydroxylation sites is 5. The molecule has 0 aliphatic carbocycles. The number of nitrogens with zero attached hydrogens (tertiary/aromatic N) is 12. The summed E-state index contributed by atoms with van der Waals surface area (Å²) >= 11 is 0. The quantitative estimate of drug-likeness (QED) is 0.113. The van der Waals surface area contributed by atoms with Gasteiger partial charge in [0.15, 0.2) is 11.6 Å². The Morgan fingerprint density at radius 3 is 0.919 bits per heavy atom. The lowest BCUT2D eigenvalue weighted by molar-refractivity contribution is 0.523. The average Bonchev–Trinajstić information content (AvgIpc) is 1.55. The lowest BCUT2D eigenvalue weighted by atomic mass is 9.78. The van der Waals surface area contributed by atoms with Crippen LogP contribution in [0.15, 0.2) is 346 Å². The maximum Gasteiger partial charge on any atom is 0.161 e. The van der Waals surface area contributed by atoms with Gasteiger partial charge in [-0.2, -0.15) is 10.5 Å². The van der Waals surface area contributed by atoms with Crippen LogP contribution in [0.1, 0.15) is 126 Å². The summed E-state index contributed by atoms with van der Waals surface area (Å²) in [6.45, 7) is 29.4. The Hall–Kier alpha value is -16.5. The number of benzene rings is 16. The summed E-state index contributed by atoms with van der Waals surface area (Å²) in [6, 6.07) is 131. The van der Waals surface area contributed by atoms with E-state index in [1.54, 1.807) is 0 Å². The van der Waals surface area contributed by atoms with Crippen molar-refractivity contribution in [3.05, 3.63) is 396 Å². The van der Waals surface area contributed by atoms with Crippen LogP contribution in [0.3, 0.4) is 0 Å². The minimum absolute atomic E-state index is 0.127. The predicted octanol–water partition coefficient (Wildman–Crippen LogP) is 31.3. The second-order valence-electron chi connectivity index (χ2n) is 40.8. The molecule has 0 spiro atoms. The third kappa shape index (κ3) is 13.3. The fourth-order valence-corrected chi connectivity index (χ4v) is 21.7. The first-order valence-corrected chi connectivity index (χ1v) is 47.1. The number of aryl methyl sites for hydroxylation is 2. The highest BCUT2D eigenvalue weighted by molar-refractivity contribution is 6.17. The lowest BCUT2D eigenvalue weighted by Crippen LogP contribution is -2.20. The summed E-state index contributed by atoms with van der Waals surface area (Å²) in [5.41, 5.74) is 30.6. The van der Waals surface area contributed by atoms with Crippen LogP contribution in [0.25, 0.3) is 210 Å². The van der Waals surface area contributed by atoms with Crippen LogP contribution in [0.2, 0.25) is 0 Å². The molecule has 24 rings (SSSR count). The van der Waals surface area contributed by atoms with Crippen molar-refractivity contribution in [1.29, 1.82) is 10.5 Å². The van der Waals surface area contributed by atoms with E-state index in [1.807, 2.05) is 56.3 Å². The Bertz CT molecular complexity index is 9080. The van der Waals surface area contributed by atoms with E-state index in [-0.39, 0.29) is 16.2 Å². The van der Waals surface area contributed by atoms with Crippen LogP contribution in [-0.4, -0.2) is 47.3 Å². The van der Waals surface area contributed by atoms with E-state index in [9.17, 15) is 10.5 Å². The molecule has 24 aromatic rings. The normalized spacial score (nSPS) is 12.5. The highest BCUT2D eigenvalue weighted by Crippen LogP contribution is 2.49. The number of rotatable bonds is 13. The fraction of sp³-hybridized carbons (Fsp3) is 0.145. The molecular weight excluding hydrogens is 1660 g/mol. The van der Waals surface area contributed by atoms with Crippen molar-refractivity contribution in [2.24, 2.45) is 0 Å². The van der Waals surface area contributed by atoms with Gasteiger partial charge in [-0.3, -0.25) is 0 Å². The molecule has 0 amide bonds. The maximum absolute atomic E-state index is 11.9. The van der Waals surface area contributed by atoms with Crippen LogP contribution in [0.5, 0.6) is 0 Å². The average molecular weight is 1760 g/mol. The number of fused-ring (bicyclic) bond motifs is 18. The van der Waals surface area contributed by atoms with Crippen molar-refractivity contribution in [3.8, 4) is 91.6 Å². The molecule has 8 aromatic heterocycles. The highest BCUT2D eigenvalue weighted by Gasteiger charge is 2.33. The third-order valence-electron chi connectivity index (χ3n) is 28.5. The number of aromatic nitrogens is 10. The van der Waals surface area contributed by atoms with Crippen molar-refractivity contribution >= 4 is 131 Å². The van der Waals surface area contributed by atoms with E-state index in [0.717, 1.165) is 195 Å². The summed E-state index contributed by atoms with van der Waals surface area (Å²) in [6.07, 6.45) is 0.735. The summed E-state index contributed by atoms with van der Waals surface area (Å²) < 4.78 is 14.5. The predicted molar refractivity (Wildman–Crippen MR) is 564 cm³/mol. The van der Waals surface area contributed by atoms with Crippen LogP contribution in [-0.2, 0) is 28.1 Å². The van der Waals surface area contributed by atoms with Gasteiger partial charge in [-0.1, -0.05) is 270 Å². The Morgan fingerprint density at radius 1 is 0.243 bits per heavy atom. The van der Waals surface area contributed by atoms with Crippen molar-refractivity contribution in [3.63, 3.8) is 0 Å². The van der Waals surface area contributed by atoms with E-state index < -0.39 is 5.41 Å². The van der Waals surface area contributed by atoms with E-state index in [0.29, 0.717) is 33.9 Å². The van der Waals surface area contributed by atoms with E-state index in [2.05, 4.69) is 419 Å². The van der Waals surface area contributed by atoms with E-state index in [4.69, 9.17) is 19.9 Å². The first kappa shape index (κ1) is 82.6. The topological polar surface area (TPSA) is 129 Å². The Labute approximate surface area is 789 Å². The second kappa shape index (κ2) is 30.8. The van der Waals surface area contributed by atoms with Gasteiger partial charge in [0, 0.05) is 110 Å². The molecule has 0 fully saturated rings. The number of hydrogen-bond acceptors (Lipinski definition) is 6. The van der Waals surface area contributed by atoms with Crippen LogP contribution < -0.4 is 0 Å². The van der Waals surface area contributed by atoms with Gasteiger partial charge in [0.2, 0.25) is 0 Å². The summed E-state index contributed by atoms with van der Waals surface area (Å²) in [7, 11) is 0. The molecule has 0 radical (unpaired) electrons. The van der Waals surface area contributed by atoms with E-state index in [1.165, 1.54) is 38.6 Å². The first-order chi connectivity index (χ1) is 65.8. The second-order valence-corrected chi connectivity index (χ2v) is 40.8. The Kier molecular flexibility index (Phi) is 18.7. The smallest absolute Gasteiger partial charge is 0.161 e. The highest BCUT2D eigenvalue weighted by atomic mass is 15.1. The fourth-order valence-electron chi connectivity index (χ4n) is 21.7. The summed E-state index contributed by atoms with van der Waals surface area (Å²) in [4.78, 5) is 21.1. The van der Waals surface area contributed by atoms with Crippen LogP contribution in [0, 0.1) is 36.5 Å².